The van der Waals surface area contributed by atoms with Gasteiger partial charge in [-0.1, -0.05) is 6.07 Å². The molecule has 0 N–H and O–H groups in total. The van der Waals surface area contributed by atoms with Gasteiger partial charge in [-0.25, -0.2) is 8.78 Å². The number of halogens is 2. The molecule has 4 heteroatoms. The van der Waals surface area contributed by atoms with E-state index in [2.05, 4.69) is 0 Å². The number of carbonyl (C=O) groups excluding carboxylic acids is 1. The lowest BCUT2D eigenvalue weighted by molar-refractivity contribution is 0.101. The number of hydrogen-bond donors (Lipinski definition) is 0. The molecule has 0 aliphatic rings. The number of hydrogen-bond acceptors (Lipinski definition) is 2. The Bertz CT molecular complexity index is 651. The molecular weight excluding hydrogens is 262 g/mol. The quantitative estimate of drug-likeness (QED) is 0.787. The smallest absolute Gasteiger partial charge is 0.163 e. The van der Waals surface area contributed by atoms with Gasteiger partial charge in [-0.2, -0.15) is 0 Å². The van der Waals surface area contributed by atoms with Gasteiger partial charge in [0.2, 0.25) is 0 Å². The third-order valence-corrected chi connectivity index (χ3v) is 2.91. The second kappa shape index (κ2) is 5.82. The van der Waals surface area contributed by atoms with E-state index in [1.165, 1.54) is 6.92 Å². The van der Waals surface area contributed by atoms with E-state index in [0.29, 0.717) is 11.3 Å². The average Bonchev–Trinajstić information content (AvgIpc) is 2.39. The summed E-state index contributed by atoms with van der Waals surface area (Å²) in [5.41, 5.74) is 1.46. The molecule has 104 valence electrons. The lowest BCUT2D eigenvalue weighted by atomic mass is 10.1. The Kier molecular flexibility index (Phi) is 4.13. The summed E-state index contributed by atoms with van der Waals surface area (Å²) in [5, 5.41) is 0. The first-order valence-corrected chi connectivity index (χ1v) is 6.15. The molecule has 0 aliphatic heterocycles. The fourth-order valence-electron chi connectivity index (χ4n) is 1.85. The topological polar surface area (TPSA) is 26.3 Å². The molecule has 0 aromatic heterocycles. The zero-order valence-corrected chi connectivity index (χ0v) is 11.2. The number of carbonyl (C=O) groups is 1. The minimum Gasteiger partial charge on any atom is -0.488 e. The van der Waals surface area contributed by atoms with Crippen LogP contribution in [0, 0.1) is 18.6 Å². The molecule has 0 fully saturated rings. The van der Waals surface area contributed by atoms with Crippen LogP contribution in [0.15, 0.2) is 36.4 Å². The van der Waals surface area contributed by atoms with Crippen molar-refractivity contribution >= 4 is 5.78 Å². The van der Waals surface area contributed by atoms with Gasteiger partial charge in [0, 0.05) is 5.56 Å². The Morgan fingerprint density at radius 1 is 1.15 bits per heavy atom. The van der Waals surface area contributed by atoms with E-state index < -0.39 is 11.6 Å². The highest BCUT2D eigenvalue weighted by atomic mass is 19.1. The molecule has 2 aromatic carbocycles. The minimum atomic E-state index is -0.538. The standard InChI is InChI=1S/C16H14F2O2/c1-10-3-5-14(11(2)19)16(7-10)20-9-12-8-13(17)4-6-15(12)18/h3-8H,9H2,1-2H3. The van der Waals surface area contributed by atoms with Crippen LogP contribution in [0.5, 0.6) is 5.75 Å². The van der Waals surface area contributed by atoms with Crippen molar-refractivity contribution in [3.63, 3.8) is 0 Å². The van der Waals surface area contributed by atoms with Crippen LogP contribution in [-0.4, -0.2) is 5.78 Å². The van der Waals surface area contributed by atoms with Gasteiger partial charge in [0.25, 0.3) is 0 Å². The largest absolute Gasteiger partial charge is 0.488 e. The molecular formula is C16H14F2O2. The zero-order valence-electron chi connectivity index (χ0n) is 11.2. The van der Waals surface area contributed by atoms with Gasteiger partial charge in [0.1, 0.15) is 24.0 Å². The van der Waals surface area contributed by atoms with Gasteiger partial charge in [0.05, 0.1) is 5.56 Å². The van der Waals surface area contributed by atoms with E-state index in [9.17, 15) is 13.6 Å². The maximum Gasteiger partial charge on any atom is 0.163 e. The van der Waals surface area contributed by atoms with Crippen LogP contribution >= 0.6 is 0 Å². The summed E-state index contributed by atoms with van der Waals surface area (Å²) in [5.74, 6) is -0.828. The molecule has 2 rings (SSSR count). The van der Waals surface area contributed by atoms with Gasteiger partial charge >= 0.3 is 0 Å². The van der Waals surface area contributed by atoms with Crippen LogP contribution in [0.3, 0.4) is 0 Å². The third kappa shape index (κ3) is 3.20. The van der Waals surface area contributed by atoms with Crippen molar-refractivity contribution in [1.82, 2.24) is 0 Å². The highest BCUT2D eigenvalue weighted by Gasteiger charge is 2.10. The molecule has 2 aromatic rings. The maximum absolute atomic E-state index is 13.5. The first-order chi connectivity index (χ1) is 9.47. The van der Waals surface area contributed by atoms with Gasteiger partial charge in [-0.3, -0.25) is 4.79 Å². The predicted molar refractivity (Wildman–Crippen MR) is 71.9 cm³/mol. The Morgan fingerprint density at radius 3 is 2.60 bits per heavy atom. The predicted octanol–water partition coefficient (Wildman–Crippen LogP) is 4.05. The van der Waals surface area contributed by atoms with E-state index in [4.69, 9.17) is 4.74 Å². The van der Waals surface area contributed by atoms with Gasteiger partial charge in [0.15, 0.2) is 5.78 Å². The Labute approximate surface area is 116 Å². The third-order valence-electron chi connectivity index (χ3n) is 2.91. The molecule has 0 atom stereocenters. The van der Waals surface area contributed by atoms with Gasteiger partial charge < -0.3 is 4.74 Å². The Morgan fingerprint density at radius 2 is 1.90 bits per heavy atom. The highest BCUT2D eigenvalue weighted by molar-refractivity contribution is 5.96. The van der Waals surface area contributed by atoms with E-state index in [1.807, 2.05) is 6.92 Å². The van der Waals surface area contributed by atoms with Crippen molar-refractivity contribution in [2.75, 3.05) is 0 Å². The van der Waals surface area contributed by atoms with Crippen LogP contribution in [-0.2, 0) is 6.61 Å². The molecule has 0 saturated heterocycles. The molecule has 0 unspecified atom stereocenters. The lowest BCUT2D eigenvalue weighted by Gasteiger charge is -2.11. The van der Waals surface area contributed by atoms with E-state index in [0.717, 1.165) is 23.8 Å². The molecule has 0 bridgehead atoms. The molecule has 0 aliphatic carbocycles. The second-order valence-electron chi connectivity index (χ2n) is 4.58. The summed E-state index contributed by atoms with van der Waals surface area (Å²) in [6, 6.07) is 8.34. The van der Waals surface area contributed by atoms with Crippen molar-refractivity contribution < 1.29 is 18.3 Å². The molecule has 0 radical (unpaired) electrons. The zero-order chi connectivity index (χ0) is 14.7. The summed E-state index contributed by atoms with van der Waals surface area (Å²) in [4.78, 5) is 11.5. The maximum atomic E-state index is 13.5. The first kappa shape index (κ1) is 14.2. The molecule has 2 nitrogen and oxygen atoms in total. The number of benzene rings is 2. The molecule has 0 heterocycles. The Balaban J connectivity index is 2.24. The van der Waals surface area contributed by atoms with Crippen molar-refractivity contribution in [1.29, 1.82) is 0 Å². The SMILES string of the molecule is CC(=O)c1ccc(C)cc1OCc1cc(F)ccc1F. The van der Waals surface area contributed by atoms with Crippen LogP contribution in [0.1, 0.15) is 28.4 Å². The fourth-order valence-corrected chi connectivity index (χ4v) is 1.85. The number of Topliss-reactive ketones (excluding diaryl/α,β-unsaturated/α-hetero) is 1. The van der Waals surface area contributed by atoms with Crippen LogP contribution < -0.4 is 4.74 Å². The second-order valence-corrected chi connectivity index (χ2v) is 4.58. The fraction of sp³-hybridized carbons (Fsp3) is 0.188. The summed E-state index contributed by atoms with van der Waals surface area (Å²) in [6.45, 7) is 3.16. The number of rotatable bonds is 4. The van der Waals surface area contributed by atoms with Crippen LogP contribution in [0.4, 0.5) is 8.78 Å². The van der Waals surface area contributed by atoms with Crippen molar-refractivity contribution in [3.05, 3.63) is 64.7 Å². The lowest BCUT2D eigenvalue weighted by Crippen LogP contribution is -2.04. The Hall–Kier alpha value is -2.23. The normalized spacial score (nSPS) is 10.4. The van der Waals surface area contributed by atoms with E-state index in [1.54, 1.807) is 18.2 Å². The van der Waals surface area contributed by atoms with Crippen molar-refractivity contribution in [2.45, 2.75) is 20.5 Å². The van der Waals surface area contributed by atoms with Crippen LogP contribution in [0.25, 0.3) is 0 Å². The molecule has 0 saturated carbocycles. The van der Waals surface area contributed by atoms with Gasteiger partial charge in [-0.05, 0) is 49.7 Å². The monoisotopic (exact) mass is 276 g/mol. The highest BCUT2D eigenvalue weighted by Crippen LogP contribution is 2.22. The molecule has 0 spiro atoms. The number of ketones is 1. The van der Waals surface area contributed by atoms with E-state index >= 15 is 0 Å². The van der Waals surface area contributed by atoms with Crippen LogP contribution in [0.2, 0.25) is 0 Å². The summed E-state index contributed by atoms with van der Waals surface area (Å²) in [7, 11) is 0. The van der Waals surface area contributed by atoms with Crippen molar-refractivity contribution in [2.24, 2.45) is 0 Å². The van der Waals surface area contributed by atoms with Gasteiger partial charge in [-0.15, -0.1) is 0 Å². The summed E-state index contributed by atoms with van der Waals surface area (Å²) < 4.78 is 32.0. The first-order valence-electron chi connectivity index (χ1n) is 6.15. The molecule has 0 amide bonds. The number of aryl methyl sites for hydroxylation is 1. The van der Waals surface area contributed by atoms with E-state index in [-0.39, 0.29) is 18.0 Å². The number of ether oxygens (including phenoxy) is 1. The minimum absolute atomic E-state index is 0.112. The summed E-state index contributed by atoms with van der Waals surface area (Å²) >= 11 is 0. The molecule has 20 heavy (non-hydrogen) atoms. The summed E-state index contributed by atoms with van der Waals surface area (Å²) in [6.07, 6.45) is 0. The average molecular weight is 276 g/mol. The van der Waals surface area contributed by atoms with Crippen molar-refractivity contribution in [3.8, 4) is 5.75 Å².